The Kier molecular flexibility index (Phi) is 7.16. The molecule has 0 rings (SSSR count). The van der Waals surface area contributed by atoms with Gasteiger partial charge in [-0.25, -0.2) is 0 Å². The second-order valence-corrected chi connectivity index (χ2v) is 6.09. The fraction of sp³-hybridized carbons (Fsp3) is 0.750. The van der Waals surface area contributed by atoms with Gasteiger partial charge in [-0.05, 0) is 13.3 Å². The van der Waals surface area contributed by atoms with Crippen molar-refractivity contribution in [2.24, 2.45) is 0 Å². The quantitative estimate of drug-likeness (QED) is 0.417. The molecule has 0 radical (unpaired) electrons. The minimum atomic E-state index is -4.09. The van der Waals surface area contributed by atoms with E-state index in [1.165, 1.54) is 4.90 Å². The molecule has 1 amide bonds. The first kappa shape index (κ1) is 17.1. The van der Waals surface area contributed by atoms with E-state index >= 15 is 0 Å². The van der Waals surface area contributed by atoms with Crippen molar-refractivity contribution in [2.75, 3.05) is 12.8 Å². The fourth-order valence-corrected chi connectivity index (χ4v) is 2.61. The number of carbonyl (C=O) groups is 1. The average molecular weight is 277 g/mol. The van der Waals surface area contributed by atoms with E-state index in [0.717, 1.165) is 19.3 Å². The van der Waals surface area contributed by atoms with Crippen LogP contribution in [0.5, 0.6) is 0 Å². The van der Waals surface area contributed by atoms with Crippen LogP contribution in [0.15, 0.2) is 12.2 Å². The zero-order valence-electron chi connectivity index (χ0n) is 11.3. The molecule has 0 aliphatic rings. The minimum absolute atomic E-state index is 0.292. The lowest BCUT2D eigenvalue weighted by Gasteiger charge is -2.27. The van der Waals surface area contributed by atoms with Crippen LogP contribution in [-0.4, -0.2) is 42.6 Å². The number of unbranched alkanes of at least 4 members (excludes halogenated alkanes) is 2. The third-order valence-corrected chi connectivity index (χ3v) is 3.58. The van der Waals surface area contributed by atoms with Crippen molar-refractivity contribution < 1.29 is 17.8 Å². The van der Waals surface area contributed by atoms with Gasteiger partial charge in [0.05, 0.1) is 5.75 Å². The largest absolute Gasteiger partial charge is 0.338 e. The van der Waals surface area contributed by atoms with Crippen LogP contribution in [-0.2, 0) is 14.9 Å². The first-order chi connectivity index (χ1) is 8.19. The summed E-state index contributed by atoms with van der Waals surface area (Å²) in [6.45, 7) is 7.17. The van der Waals surface area contributed by atoms with Crippen molar-refractivity contribution >= 4 is 16.0 Å². The van der Waals surface area contributed by atoms with Gasteiger partial charge in [-0.2, -0.15) is 8.42 Å². The van der Waals surface area contributed by atoms with Crippen LogP contribution in [0.1, 0.15) is 39.5 Å². The van der Waals surface area contributed by atoms with Crippen LogP contribution in [0.3, 0.4) is 0 Å². The highest BCUT2D eigenvalue weighted by atomic mass is 32.2. The van der Waals surface area contributed by atoms with E-state index in [1.54, 1.807) is 14.0 Å². The van der Waals surface area contributed by atoms with Gasteiger partial charge in [0.25, 0.3) is 10.1 Å². The van der Waals surface area contributed by atoms with E-state index in [4.69, 9.17) is 4.55 Å². The van der Waals surface area contributed by atoms with E-state index in [2.05, 4.69) is 6.58 Å². The van der Waals surface area contributed by atoms with Gasteiger partial charge < -0.3 is 4.90 Å². The smallest absolute Gasteiger partial charge is 0.266 e. The van der Waals surface area contributed by atoms with Crippen LogP contribution in [0.25, 0.3) is 0 Å². The predicted octanol–water partition coefficient (Wildman–Crippen LogP) is 1.86. The first-order valence-corrected chi connectivity index (χ1v) is 7.67. The molecule has 1 N–H and O–H groups in total. The van der Waals surface area contributed by atoms with Crippen molar-refractivity contribution in [2.45, 2.75) is 45.6 Å². The van der Waals surface area contributed by atoms with E-state index < -0.39 is 21.9 Å². The highest BCUT2D eigenvalue weighted by molar-refractivity contribution is 7.85. The number of rotatable bonds is 8. The third kappa shape index (κ3) is 6.76. The molecule has 0 aromatic heterocycles. The number of amides is 1. The number of hydrogen-bond donors (Lipinski definition) is 1. The lowest BCUT2D eigenvalue weighted by molar-refractivity contribution is -0.127. The number of hydrogen-bond acceptors (Lipinski definition) is 3. The standard InChI is InChI=1S/C12H23NO4S/c1-5-6-7-8-11(9-18(15,16)17)13(4)12(14)10(2)3/h11H,2,5-9H2,1,3-4H3,(H,15,16,17). The molecule has 0 aliphatic heterocycles. The fourth-order valence-electron chi connectivity index (χ4n) is 1.73. The van der Waals surface area contributed by atoms with Crippen molar-refractivity contribution in [3.05, 3.63) is 12.2 Å². The summed E-state index contributed by atoms with van der Waals surface area (Å²) < 4.78 is 30.9. The molecule has 1 unspecified atom stereocenters. The summed E-state index contributed by atoms with van der Waals surface area (Å²) >= 11 is 0. The second kappa shape index (κ2) is 7.53. The summed E-state index contributed by atoms with van der Waals surface area (Å²) in [5, 5.41) is 0. The maximum atomic E-state index is 11.8. The van der Waals surface area contributed by atoms with Gasteiger partial charge in [-0.15, -0.1) is 0 Å². The van der Waals surface area contributed by atoms with E-state index in [-0.39, 0.29) is 5.91 Å². The third-order valence-electron chi connectivity index (χ3n) is 2.78. The molecule has 0 fully saturated rings. The monoisotopic (exact) mass is 277 g/mol. The van der Waals surface area contributed by atoms with Crippen LogP contribution < -0.4 is 0 Å². The molecule has 0 aromatic carbocycles. The Balaban J connectivity index is 4.73. The van der Waals surface area contributed by atoms with Crippen LogP contribution in [0.2, 0.25) is 0 Å². The van der Waals surface area contributed by atoms with E-state index in [0.29, 0.717) is 12.0 Å². The lowest BCUT2D eigenvalue weighted by Crippen LogP contribution is -2.41. The Labute approximate surface area is 110 Å². The molecule has 0 saturated heterocycles. The second-order valence-electron chi connectivity index (χ2n) is 4.59. The molecule has 0 bridgehead atoms. The molecule has 106 valence electrons. The SMILES string of the molecule is C=C(C)C(=O)N(C)C(CCCCC)CS(=O)(=O)O. The molecule has 0 aromatic rings. The molecule has 0 heterocycles. The van der Waals surface area contributed by atoms with Crippen molar-refractivity contribution in [3.63, 3.8) is 0 Å². The molecule has 18 heavy (non-hydrogen) atoms. The number of likely N-dealkylation sites (N-methyl/N-ethyl adjacent to an activating group) is 1. The predicted molar refractivity (Wildman–Crippen MR) is 71.9 cm³/mol. The maximum Gasteiger partial charge on any atom is 0.266 e. The summed E-state index contributed by atoms with van der Waals surface area (Å²) in [6, 6.07) is -0.504. The Morgan fingerprint density at radius 3 is 2.33 bits per heavy atom. The van der Waals surface area contributed by atoms with Gasteiger partial charge >= 0.3 is 0 Å². The number of carbonyl (C=O) groups excluding carboxylic acids is 1. The Bertz CT molecular complexity index is 389. The van der Waals surface area contributed by atoms with E-state index in [1.807, 2.05) is 6.92 Å². The van der Waals surface area contributed by atoms with Crippen LogP contribution in [0.4, 0.5) is 0 Å². The lowest BCUT2D eigenvalue weighted by atomic mass is 10.1. The van der Waals surface area contributed by atoms with E-state index in [9.17, 15) is 13.2 Å². The Hall–Kier alpha value is -0.880. The van der Waals surface area contributed by atoms with Gasteiger partial charge in [0.1, 0.15) is 0 Å². The van der Waals surface area contributed by atoms with Gasteiger partial charge in [-0.3, -0.25) is 9.35 Å². The summed E-state index contributed by atoms with van der Waals surface area (Å²) in [6.07, 6.45) is 3.36. The highest BCUT2D eigenvalue weighted by Gasteiger charge is 2.24. The highest BCUT2D eigenvalue weighted by Crippen LogP contribution is 2.13. The van der Waals surface area contributed by atoms with Gasteiger partial charge in [0.15, 0.2) is 0 Å². The average Bonchev–Trinajstić information content (AvgIpc) is 2.24. The summed E-state index contributed by atoms with van der Waals surface area (Å²) in [5.74, 6) is -0.716. The van der Waals surface area contributed by atoms with Crippen molar-refractivity contribution in [3.8, 4) is 0 Å². The minimum Gasteiger partial charge on any atom is -0.338 e. The molecular weight excluding hydrogens is 254 g/mol. The maximum absolute atomic E-state index is 11.8. The normalized spacial score (nSPS) is 13.1. The van der Waals surface area contributed by atoms with Gasteiger partial charge in [-0.1, -0.05) is 32.8 Å². The van der Waals surface area contributed by atoms with Crippen molar-refractivity contribution in [1.29, 1.82) is 0 Å². The van der Waals surface area contributed by atoms with Gasteiger partial charge in [0, 0.05) is 18.7 Å². The van der Waals surface area contributed by atoms with Crippen molar-refractivity contribution in [1.82, 2.24) is 4.90 Å². The van der Waals surface area contributed by atoms with Gasteiger partial charge in [0.2, 0.25) is 5.91 Å². The van der Waals surface area contributed by atoms with Crippen LogP contribution in [0, 0.1) is 0 Å². The summed E-state index contributed by atoms with van der Waals surface area (Å²) in [7, 11) is -2.55. The summed E-state index contributed by atoms with van der Waals surface area (Å²) in [5.41, 5.74) is 0.355. The molecule has 0 aliphatic carbocycles. The zero-order chi connectivity index (χ0) is 14.3. The number of nitrogens with zero attached hydrogens (tertiary/aromatic N) is 1. The topological polar surface area (TPSA) is 74.7 Å². The Morgan fingerprint density at radius 2 is 1.94 bits per heavy atom. The molecule has 6 heteroatoms. The summed E-state index contributed by atoms with van der Waals surface area (Å²) in [4.78, 5) is 13.1. The Morgan fingerprint density at radius 1 is 1.39 bits per heavy atom. The molecular formula is C12H23NO4S. The molecule has 5 nitrogen and oxygen atoms in total. The molecule has 0 spiro atoms. The zero-order valence-corrected chi connectivity index (χ0v) is 12.2. The first-order valence-electron chi connectivity index (χ1n) is 6.06. The molecule has 1 atom stereocenters. The van der Waals surface area contributed by atoms with Crippen LogP contribution >= 0.6 is 0 Å². The molecule has 0 saturated carbocycles.